The first-order chi connectivity index (χ1) is 13.7. The Labute approximate surface area is 176 Å². The Bertz CT molecular complexity index is 1050. The quantitative estimate of drug-likeness (QED) is 0.742. The van der Waals surface area contributed by atoms with E-state index in [9.17, 15) is 13.2 Å². The highest BCUT2D eigenvalue weighted by atomic mass is 35.5. The van der Waals surface area contributed by atoms with Crippen LogP contribution in [-0.4, -0.2) is 49.7 Å². The van der Waals surface area contributed by atoms with Gasteiger partial charge in [0.1, 0.15) is 6.07 Å². The Morgan fingerprint density at radius 3 is 2.24 bits per heavy atom. The smallest absolute Gasteiger partial charge is 0.253 e. The molecule has 0 spiro atoms. The maximum Gasteiger partial charge on any atom is 0.253 e. The van der Waals surface area contributed by atoms with Gasteiger partial charge in [-0.15, -0.1) is 0 Å². The minimum Gasteiger partial charge on any atom is -0.336 e. The van der Waals surface area contributed by atoms with Crippen LogP contribution in [0.5, 0.6) is 0 Å². The zero-order chi connectivity index (χ0) is 21.2. The van der Waals surface area contributed by atoms with E-state index in [1.165, 1.54) is 22.5 Å². The van der Waals surface area contributed by atoms with E-state index in [-0.39, 0.29) is 34.5 Å². The van der Waals surface area contributed by atoms with Crippen LogP contribution >= 0.6 is 11.6 Å². The summed E-state index contributed by atoms with van der Waals surface area (Å²) in [5, 5.41) is 9.30. The Morgan fingerprint density at radius 2 is 1.69 bits per heavy atom. The molecule has 2 aromatic carbocycles. The molecule has 0 bridgehead atoms. The molecule has 1 aliphatic rings. The first-order valence-corrected chi connectivity index (χ1v) is 11.1. The molecule has 152 valence electrons. The maximum absolute atomic E-state index is 12.9. The van der Waals surface area contributed by atoms with Gasteiger partial charge in [-0.2, -0.15) is 9.57 Å². The van der Waals surface area contributed by atoms with E-state index in [1.54, 1.807) is 4.90 Å². The largest absolute Gasteiger partial charge is 0.336 e. The highest BCUT2D eigenvalue weighted by molar-refractivity contribution is 7.89. The lowest BCUT2D eigenvalue weighted by atomic mass is 10.0. The molecule has 8 heteroatoms. The average molecular weight is 432 g/mol. The number of sulfonamides is 1. The third-order valence-electron chi connectivity index (χ3n) is 5.05. The van der Waals surface area contributed by atoms with E-state index in [2.05, 4.69) is 13.8 Å². The maximum atomic E-state index is 12.9. The fraction of sp³-hybridized carbons (Fsp3) is 0.333. The number of amides is 1. The zero-order valence-electron chi connectivity index (χ0n) is 16.3. The number of halogens is 1. The van der Waals surface area contributed by atoms with Gasteiger partial charge in [0.2, 0.25) is 10.0 Å². The SMILES string of the molecule is CC(C)c1ccc(C(=O)N2CCN(S(=O)(=O)c3ccc(Cl)c(C#N)c3)CC2)cc1. The molecule has 3 rings (SSSR count). The second-order valence-electron chi connectivity index (χ2n) is 7.23. The van der Waals surface area contributed by atoms with E-state index in [4.69, 9.17) is 16.9 Å². The van der Waals surface area contributed by atoms with E-state index >= 15 is 0 Å². The van der Waals surface area contributed by atoms with Crippen LogP contribution in [0, 0.1) is 11.3 Å². The summed E-state index contributed by atoms with van der Waals surface area (Å²) in [4.78, 5) is 14.4. The molecule has 29 heavy (non-hydrogen) atoms. The topological polar surface area (TPSA) is 81.5 Å². The highest BCUT2D eigenvalue weighted by Gasteiger charge is 2.30. The minimum atomic E-state index is -3.75. The van der Waals surface area contributed by atoms with Crippen LogP contribution in [0.4, 0.5) is 0 Å². The first kappa shape index (κ1) is 21.3. The minimum absolute atomic E-state index is 0.0301. The van der Waals surface area contributed by atoms with Gasteiger partial charge in [0, 0.05) is 31.7 Å². The van der Waals surface area contributed by atoms with Crippen LogP contribution in [0.15, 0.2) is 47.4 Å². The molecule has 0 unspecified atom stereocenters. The van der Waals surface area contributed by atoms with Crippen molar-refractivity contribution < 1.29 is 13.2 Å². The lowest BCUT2D eigenvalue weighted by Gasteiger charge is -2.34. The summed E-state index contributed by atoms with van der Waals surface area (Å²) in [6.45, 7) is 5.20. The van der Waals surface area contributed by atoms with Gasteiger partial charge in [-0.25, -0.2) is 8.42 Å². The molecule has 0 aromatic heterocycles. The molecular weight excluding hydrogens is 410 g/mol. The molecule has 1 heterocycles. The van der Waals surface area contributed by atoms with Crippen molar-refractivity contribution in [2.75, 3.05) is 26.2 Å². The highest BCUT2D eigenvalue weighted by Crippen LogP contribution is 2.24. The summed E-state index contributed by atoms with van der Waals surface area (Å²) >= 11 is 5.90. The number of rotatable bonds is 4. The Hall–Kier alpha value is -2.40. The van der Waals surface area contributed by atoms with Gasteiger partial charge >= 0.3 is 0 Å². The molecule has 0 radical (unpaired) electrons. The number of carbonyl (C=O) groups excluding carboxylic acids is 1. The Kier molecular flexibility index (Phi) is 6.27. The van der Waals surface area contributed by atoms with Gasteiger partial charge < -0.3 is 4.90 Å². The van der Waals surface area contributed by atoms with Crippen LogP contribution in [0.2, 0.25) is 5.02 Å². The molecule has 6 nitrogen and oxygen atoms in total. The lowest BCUT2D eigenvalue weighted by molar-refractivity contribution is 0.0698. The summed E-state index contributed by atoms with van der Waals surface area (Å²) in [6, 6.07) is 13.5. The molecule has 1 fully saturated rings. The van der Waals surface area contributed by atoms with Gasteiger partial charge in [-0.1, -0.05) is 37.6 Å². The second-order valence-corrected chi connectivity index (χ2v) is 9.57. The van der Waals surface area contributed by atoms with E-state index < -0.39 is 10.0 Å². The molecule has 1 saturated heterocycles. The summed E-state index contributed by atoms with van der Waals surface area (Å²) in [6.07, 6.45) is 0. The van der Waals surface area contributed by atoms with E-state index in [0.717, 1.165) is 5.56 Å². The number of benzene rings is 2. The molecule has 0 aliphatic carbocycles. The fourth-order valence-corrected chi connectivity index (χ4v) is 4.83. The van der Waals surface area contributed by atoms with Crippen LogP contribution in [-0.2, 0) is 10.0 Å². The summed E-state index contributed by atoms with van der Waals surface area (Å²) < 4.78 is 27.1. The normalized spacial score (nSPS) is 15.3. The molecule has 0 atom stereocenters. The molecular formula is C21H22ClN3O3S. The Morgan fingerprint density at radius 1 is 1.07 bits per heavy atom. The van der Waals surface area contributed by atoms with E-state index in [1.807, 2.05) is 30.3 Å². The van der Waals surface area contributed by atoms with Crippen molar-refractivity contribution >= 4 is 27.5 Å². The monoisotopic (exact) mass is 431 g/mol. The third-order valence-corrected chi connectivity index (χ3v) is 7.27. The number of carbonyl (C=O) groups is 1. The lowest BCUT2D eigenvalue weighted by Crippen LogP contribution is -2.50. The predicted molar refractivity (Wildman–Crippen MR) is 111 cm³/mol. The number of nitriles is 1. The third kappa shape index (κ3) is 4.45. The number of nitrogens with zero attached hydrogens (tertiary/aromatic N) is 3. The first-order valence-electron chi connectivity index (χ1n) is 9.33. The van der Waals surface area contributed by atoms with Crippen molar-refractivity contribution in [3.8, 4) is 6.07 Å². The summed E-state index contributed by atoms with van der Waals surface area (Å²) in [5.41, 5.74) is 1.88. The van der Waals surface area contributed by atoms with Gasteiger partial charge in [-0.3, -0.25) is 4.79 Å². The summed E-state index contributed by atoms with van der Waals surface area (Å²) in [7, 11) is -3.75. The fourth-order valence-electron chi connectivity index (χ4n) is 3.22. The molecule has 2 aromatic rings. The van der Waals surface area contributed by atoms with Crippen LogP contribution in [0.1, 0.15) is 41.3 Å². The molecule has 1 amide bonds. The number of hydrogen-bond donors (Lipinski definition) is 0. The summed E-state index contributed by atoms with van der Waals surface area (Å²) in [5.74, 6) is 0.290. The van der Waals surface area contributed by atoms with Crippen molar-refractivity contribution in [2.45, 2.75) is 24.7 Å². The van der Waals surface area contributed by atoms with Crippen LogP contribution in [0.25, 0.3) is 0 Å². The van der Waals surface area contributed by atoms with Crippen molar-refractivity contribution in [2.24, 2.45) is 0 Å². The van der Waals surface area contributed by atoms with Crippen molar-refractivity contribution in [3.63, 3.8) is 0 Å². The molecule has 1 aliphatic heterocycles. The Balaban J connectivity index is 1.69. The van der Waals surface area contributed by atoms with Crippen molar-refractivity contribution in [1.82, 2.24) is 9.21 Å². The van der Waals surface area contributed by atoms with Crippen molar-refractivity contribution in [1.29, 1.82) is 5.26 Å². The van der Waals surface area contributed by atoms with Crippen LogP contribution in [0.3, 0.4) is 0 Å². The average Bonchev–Trinajstić information content (AvgIpc) is 2.73. The molecule has 0 saturated carbocycles. The van der Waals surface area contributed by atoms with Gasteiger partial charge in [0.05, 0.1) is 15.5 Å². The van der Waals surface area contributed by atoms with Crippen molar-refractivity contribution in [3.05, 3.63) is 64.2 Å². The van der Waals surface area contributed by atoms with Crippen LogP contribution < -0.4 is 0 Å². The van der Waals surface area contributed by atoms with E-state index in [0.29, 0.717) is 24.6 Å². The number of hydrogen-bond acceptors (Lipinski definition) is 4. The van der Waals surface area contributed by atoms with Gasteiger partial charge in [0.25, 0.3) is 5.91 Å². The molecule has 0 N–H and O–H groups in total. The predicted octanol–water partition coefficient (Wildman–Crippen LogP) is 3.48. The van der Waals surface area contributed by atoms with Gasteiger partial charge in [0.15, 0.2) is 0 Å². The van der Waals surface area contributed by atoms with Gasteiger partial charge in [-0.05, 0) is 41.8 Å². The standard InChI is InChI=1S/C21H22ClN3O3S/c1-15(2)16-3-5-17(6-4-16)21(26)24-9-11-25(12-10-24)29(27,28)19-7-8-20(22)18(13-19)14-23/h3-8,13,15H,9-12H2,1-2H3. The second kappa shape index (κ2) is 8.54. The zero-order valence-corrected chi connectivity index (χ0v) is 17.9. The number of piperazine rings is 1.